The minimum absolute atomic E-state index is 0.144. The van der Waals surface area contributed by atoms with Crippen molar-refractivity contribution in [3.05, 3.63) is 105 Å². The van der Waals surface area contributed by atoms with Crippen LogP contribution in [-0.4, -0.2) is 29.3 Å². The molecule has 0 spiro atoms. The van der Waals surface area contributed by atoms with Crippen LogP contribution < -0.4 is 5.32 Å². The highest BCUT2D eigenvalue weighted by Crippen LogP contribution is 2.25. The first-order chi connectivity index (χ1) is 16.4. The SMILES string of the molecule is CCCNC(=O)[C@H](Cc1ccccc1)N(Cc1ccc(Cl)c(Cl)c1)C(=O)Cc1ccc(Cl)cc1. The van der Waals surface area contributed by atoms with Crippen LogP contribution in [0.3, 0.4) is 0 Å². The van der Waals surface area contributed by atoms with Gasteiger partial charge in [-0.1, -0.05) is 90.3 Å². The molecule has 0 heterocycles. The van der Waals surface area contributed by atoms with E-state index in [1.54, 1.807) is 29.2 Å². The van der Waals surface area contributed by atoms with Crippen molar-refractivity contribution in [2.24, 2.45) is 0 Å². The molecule has 3 rings (SSSR count). The van der Waals surface area contributed by atoms with Gasteiger partial charge in [-0.15, -0.1) is 0 Å². The molecule has 0 saturated carbocycles. The molecule has 2 amide bonds. The van der Waals surface area contributed by atoms with Crippen LogP contribution in [0.4, 0.5) is 0 Å². The molecule has 3 aromatic rings. The van der Waals surface area contributed by atoms with E-state index in [1.165, 1.54) is 0 Å². The summed E-state index contributed by atoms with van der Waals surface area (Å²) in [6.45, 7) is 2.75. The van der Waals surface area contributed by atoms with Gasteiger partial charge in [0.05, 0.1) is 16.5 Å². The molecule has 0 radical (unpaired) electrons. The summed E-state index contributed by atoms with van der Waals surface area (Å²) in [5.41, 5.74) is 2.58. The fraction of sp³-hybridized carbons (Fsp3) is 0.259. The predicted octanol–water partition coefficient (Wildman–Crippen LogP) is 6.36. The molecule has 0 aliphatic carbocycles. The third-order valence-corrected chi connectivity index (χ3v) is 6.42. The average Bonchev–Trinajstić information content (AvgIpc) is 2.84. The largest absolute Gasteiger partial charge is 0.354 e. The third kappa shape index (κ3) is 7.49. The maximum atomic E-state index is 13.6. The molecule has 0 saturated heterocycles. The number of nitrogens with zero attached hydrogens (tertiary/aromatic N) is 1. The molecule has 0 bridgehead atoms. The molecular formula is C27H27Cl3N2O2. The normalized spacial score (nSPS) is 11.6. The van der Waals surface area contributed by atoms with Crippen molar-refractivity contribution in [3.8, 4) is 0 Å². The molecule has 0 aliphatic heterocycles. The van der Waals surface area contributed by atoms with Crippen molar-refractivity contribution in [1.29, 1.82) is 0 Å². The van der Waals surface area contributed by atoms with E-state index in [0.717, 1.165) is 23.1 Å². The van der Waals surface area contributed by atoms with Crippen LogP contribution in [0.1, 0.15) is 30.0 Å². The molecule has 0 fully saturated rings. The molecule has 3 aromatic carbocycles. The lowest BCUT2D eigenvalue weighted by atomic mass is 10.0. The first-order valence-electron chi connectivity index (χ1n) is 11.2. The van der Waals surface area contributed by atoms with Gasteiger partial charge in [-0.3, -0.25) is 9.59 Å². The van der Waals surface area contributed by atoms with Crippen LogP contribution in [0.15, 0.2) is 72.8 Å². The lowest BCUT2D eigenvalue weighted by Gasteiger charge is -2.32. The number of hydrogen-bond acceptors (Lipinski definition) is 2. The smallest absolute Gasteiger partial charge is 0.243 e. The van der Waals surface area contributed by atoms with Gasteiger partial charge in [0.2, 0.25) is 11.8 Å². The van der Waals surface area contributed by atoms with Crippen LogP contribution in [0.5, 0.6) is 0 Å². The molecule has 4 nitrogen and oxygen atoms in total. The number of halogens is 3. The Morgan fingerprint density at radius 3 is 2.18 bits per heavy atom. The lowest BCUT2D eigenvalue weighted by molar-refractivity contribution is -0.140. The minimum atomic E-state index is -0.691. The van der Waals surface area contributed by atoms with Gasteiger partial charge in [0, 0.05) is 24.5 Å². The predicted molar refractivity (Wildman–Crippen MR) is 139 cm³/mol. The highest BCUT2D eigenvalue weighted by Gasteiger charge is 2.30. The molecule has 0 unspecified atom stereocenters. The van der Waals surface area contributed by atoms with E-state index in [1.807, 2.05) is 55.5 Å². The summed E-state index contributed by atoms with van der Waals surface area (Å²) in [5, 5.41) is 4.41. The monoisotopic (exact) mass is 516 g/mol. The van der Waals surface area contributed by atoms with Crippen molar-refractivity contribution in [2.75, 3.05) is 6.54 Å². The second-order valence-electron chi connectivity index (χ2n) is 8.07. The van der Waals surface area contributed by atoms with Gasteiger partial charge in [-0.25, -0.2) is 0 Å². The Morgan fingerprint density at radius 1 is 0.853 bits per heavy atom. The Kier molecular flexibility index (Phi) is 9.82. The van der Waals surface area contributed by atoms with Crippen molar-refractivity contribution in [2.45, 2.75) is 38.8 Å². The zero-order valence-corrected chi connectivity index (χ0v) is 21.2. The van der Waals surface area contributed by atoms with Crippen LogP contribution in [0.25, 0.3) is 0 Å². The molecular weight excluding hydrogens is 491 g/mol. The topological polar surface area (TPSA) is 49.4 Å². The average molecular weight is 518 g/mol. The van der Waals surface area contributed by atoms with Crippen molar-refractivity contribution >= 4 is 46.6 Å². The first-order valence-corrected chi connectivity index (χ1v) is 12.3. The number of amides is 2. The van der Waals surface area contributed by atoms with Crippen molar-refractivity contribution < 1.29 is 9.59 Å². The summed E-state index contributed by atoms with van der Waals surface area (Å²) >= 11 is 18.3. The number of nitrogens with one attached hydrogen (secondary N) is 1. The molecule has 0 aromatic heterocycles. The third-order valence-electron chi connectivity index (χ3n) is 5.43. The molecule has 34 heavy (non-hydrogen) atoms. The molecule has 0 aliphatic rings. The molecule has 1 atom stereocenters. The van der Waals surface area contributed by atoms with E-state index in [4.69, 9.17) is 34.8 Å². The van der Waals surface area contributed by atoms with E-state index >= 15 is 0 Å². The van der Waals surface area contributed by atoms with E-state index in [2.05, 4.69) is 5.32 Å². The standard InChI is InChI=1S/C27H27Cl3N2O2/c1-2-14-31-27(34)25(16-19-6-4-3-5-7-19)32(18-21-10-13-23(29)24(30)15-21)26(33)17-20-8-11-22(28)12-9-20/h3-13,15,25H,2,14,16-18H2,1H3,(H,31,34)/t25-/m0/s1. The second-order valence-corrected chi connectivity index (χ2v) is 9.32. The summed E-state index contributed by atoms with van der Waals surface area (Å²) in [4.78, 5) is 28.5. The summed E-state index contributed by atoms with van der Waals surface area (Å²) in [6.07, 6.45) is 1.34. The van der Waals surface area contributed by atoms with Gasteiger partial charge >= 0.3 is 0 Å². The second kappa shape index (κ2) is 12.8. The zero-order chi connectivity index (χ0) is 24.5. The number of carbonyl (C=O) groups excluding carboxylic acids is 2. The highest BCUT2D eigenvalue weighted by molar-refractivity contribution is 6.42. The number of rotatable bonds is 10. The zero-order valence-electron chi connectivity index (χ0n) is 18.9. The Balaban J connectivity index is 1.96. The summed E-state index contributed by atoms with van der Waals surface area (Å²) in [5.74, 6) is -0.351. The number of benzene rings is 3. The van der Waals surface area contributed by atoms with E-state index in [-0.39, 0.29) is 24.8 Å². The minimum Gasteiger partial charge on any atom is -0.354 e. The molecule has 1 N–H and O–H groups in total. The van der Waals surface area contributed by atoms with E-state index in [9.17, 15) is 9.59 Å². The lowest BCUT2D eigenvalue weighted by Crippen LogP contribution is -2.51. The summed E-state index contributed by atoms with van der Waals surface area (Å²) < 4.78 is 0. The molecule has 178 valence electrons. The van der Waals surface area contributed by atoms with E-state index in [0.29, 0.717) is 28.0 Å². The quantitative estimate of drug-likeness (QED) is 0.340. The van der Waals surface area contributed by atoms with Gasteiger partial charge in [0.25, 0.3) is 0 Å². The van der Waals surface area contributed by atoms with Gasteiger partial charge in [0.1, 0.15) is 6.04 Å². The maximum Gasteiger partial charge on any atom is 0.243 e. The van der Waals surface area contributed by atoms with Crippen LogP contribution >= 0.6 is 34.8 Å². The number of carbonyl (C=O) groups is 2. The Morgan fingerprint density at radius 2 is 1.53 bits per heavy atom. The van der Waals surface area contributed by atoms with Crippen molar-refractivity contribution in [3.63, 3.8) is 0 Å². The fourth-order valence-electron chi connectivity index (χ4n) is 3.63. The number of hydrogen-bond donors (Lipinski definition) is 1. The Hall–Kier alpha value is -2.53. The fourth-order valence-corrected chi connectivity index (χ4v) is 4.08. The summed E-state index contributed by atoms with van der Waals surface area (Å²) in [6, 6.07) is 21.4. The van der Waals surface area contributed by atoms with Gasteiger partial charge < -0.3 is 10.2 Å². The van der Waals surface area contributed by atoms with Crippen LogP contribution in [0, 0.1) is 0 Å². The van der Waals surface area contributed by atoms with Gasteiger partial charge in [-0.2, -0.15) is 0 Å². The highest BCUT2D eigenvalue weighted by atomic mass is 35.5. The molecule has 7 heteroatoms. The van der Waals surface area contributed by atoms with Gasteiger partial charge in [-0.05, 0) is 47.4 Å². The van der Waals surface area contributed by atoms with Crippen LogP contribution in [-0.2, 0) is 29.0 Å². The Labute approximate surface area is 215 Å². The van der Waals surface area contributed by atoms with Gasteiger partial charge in [0.15, 0.2) is 0 Å². The summed E-state index contributed by atoms with van der Waals surface area (Å²) in [7, 11) is 0. The van der Waals surface area contributed by atoms with Crippen molar-refractivity contribution in [1.82, 2.24) is 10.2 Å². The maximum absolute atomic E-state index is 13.6. The Bertz CT molecular complexity index is 1100. The van der Waals surface area contributed by atoms with E-state index < -0.39 is 6.04 Å². The first kappa shape index (κ1) is 26.1. The van der Waals surface area contributed by atoms with Crippen LogP contribution in [0.2, 0.25) is 15.1 Å².